The van der Waals surface area contributed by atoms with Crippen molar-refractivity contribution in [2.45, 2.75) is 65.2 Å². The first-order chi connectivity index (χ1) is 12.2. The summed E-state index contributed by atoms with van der Waals surface area (Å²) in [6, 6.07) is 0. The van der Waals surface area contributed by atoms with Gasteiger partial charge in [0.05, 0.1) is 0 Å². The van der Waals surface area contributed by atoms with Crippen LogP contribution in [-0.4, -0.2) is 101 Å². The highest BCUT2D eigenvalue weighted by atomic mass is 28.3. The summed E-state index contributed by atoms with van der Waals surface area (Å²) in [6.07, 6.45) is 8.58. The molecule has 0 spiro atoms. The summed E-state index contributed by atoms with van der Waals surface area (Å²) in [5.74, 6) is 0.958. The first-order valence-corrected chi connectivity index (χ1v) is 23.8. The van der Waals surface area contributed by atoms with E-state index in [4.69, 9.17) is 0 Å². The lowest BCUT2D eigenvalue weighted by molar-refractivity contribution is 0.104. The third kappa shape index (κ3) is 11.6. The minimum absolute atomic E-state index is 0.481. The molecule has 1 saturated heterocycles. The highest BCUT2D eigenvalue weighted by Gasteiger charge is 2.24. The Hall–Kier alpha value is 0.748. The zero-order valence-electron chi connectivity index (χ0n) is 19.3. The molecule has 0 atom stereocenters. The van der Waals surface area contributed by atoms with Gasteiger partial charge in [-0.25, -0.2) is 0 Å². The van der Waals surface area contributed by atoms with Gasteiger partial charge in [0.15, 0.2) is 0 Å². The molecule has 0 N–H and O–H groups in total. The number of hydrogen-bond donors (Lipinski definition) is 0. The lowest BCUT2D eigenvalue weighted by Crippen LogP contribution is -2.48. The Morgan fingerprint density at radius 1 is 0.654 bits per heavy atom. The van der Waals surface area contributed by atoms with E-state index in [2.05, 4.69) is 67.1 Å². The van der Waals surface area contributed by atoms with Gasteiger partial charge in [-0.05, 0) is 56.5 Å². The van der Waals surface area contributed by atoms with E-state index >= 15 is 0 Å². The lowest BCUT2D eigenvalue weighted by atomic mass is 9.97. The van der Waals surface area contributed by atoms with Crippen molar-refractivity contribution < 1.29 is 0 Å². The van der Waals surface area contributed by atoms with Crippen LogP contribution in [0.4, 0.5) is 0 Å². The zero-order chi connectivity index (χ0) is 19.7. The molecule has 3 nitrogen and oxygen atoms in total. The maximum Gasteiger partial charge on any atom is 0.0500 e. The second-order valence-corrected chi connectivity index (χ2v) is 23.1. The van der Waals surface area contributed by atoms with E-state index < -0.39 is 35.2 Å². The van der Waals surface area contributed by atoms with Crippen molar-refractivity contribution >= 4 is 35.2 Å². The van der Waals surface area contributed by atoms with E-state index in [0.29, 0.717) is 0 Å². The maximum absolute atomic E-state index is 2.87. The Labute approximate surface area is 171 Å². The number of piperidine rings is 1. The topological polar surface area (TPSA) is 9.72 Å². The fourth-order valence-corrected chi connectivity index (χ4v) is 10.3. The van der Waals surface area contributed by atoms with E-state index in [1.54, 1.807) is 0 Å². The number of hydrogen-bond acceptors (Lipinski definition) is 3. The fourth-order valence-electron chi connectivity index (χ4n) is 4.44. The average Bonchev–Trinajstić information content (AvgIpc) is 2.46. The second-order valence-electron chi connectivity index (χ2n) is 10.5. The van der Waals surface area contributed by atoms with Crippen LogP contribution in [0.2, 0.25) is 52.4 Å². The lowest BCUT2D eigenvalue weighted by Gasteiger charge is -2.38. The minimum Gasteiger partial charge on any atom is -0.309 e. The normalized spacial score (nSPS) is 17.8. The van der Waals surface area contributed by atoms with Gasteiger partial charge < -0.3 is 4.90 Å². The molecule has 0 aromatic carbocycles. The van der Waals surface area contributed by atoms with Gasteiger partial charge >= 0.3 is 0 Å². The molecule has 0 radical (unpaired) electrons. The molecular weight excluding hydrogens is 383 g/mol. The van der Waals surface area contributed by atoms with Crippen LogP contribution in [0.15, 0.2) is 0 Å². The van der Waals surface area contributed by atoms with Crippen molar-refractivity contribution in [2.24, 2.45) is 5.92 Å². The molecular formula is C19H49N3Si4. The van der Waals surface area contributed by atoms with Crippen LogP contribution >= 0.6 is 0 Å². The summed E-state index contributed by atoms with van der Waals surface area (Å²) < 4.78 is 0. The standard InChI is InChI=1S/C19H49N3Si4/c1-23(2)15-21(16-24(3)4)13-19-9-11-20(12-10-19)14-22(17-25(5)6)18-26(7)8/h19,23-26H,9-18H2,1-8H3. The number of nitrogens with zero attached hydrogens (tertiary/aromatic N) is 3. The Morgan fingerprint density at radius 3 is 1.42 bits per heavy atom. The highest BCUT2D eigenvalue weighted by molar-refractivity contribution is 6.58. The van der Waals surface area contributed by atoms with Crippen LogP contribution in [-0.2, 0) is 0 Å². The summed E-state index contributed by atoms with van der Waals surface area (Å²) >= 11 is 0. The van der Waals surface area contributed by atoms with Crippen molar-refractivity contribution in [1.29, 1.82) is 0 Å². The summed E-state index contributed by atoms with van der Waals surface area (Å²) in [6.45, 7) is 25.4. The molecule has 1 aliphatic rings. The molecule has 1 aliphatic heterocycles. The summed E-state index contributed by atoms with van der Waals surface area (Å²) in [4.78, 5) is 8.45. The van der Waals surface area contributed by atoms with Gasteiger partial charge in [0.1, 0.15) is 0 Å². The monoisotopic (exact) mass is 431 g/mol. The smallest absolute Gasteiger partial charge is 0.0500 e. The van der Waals surface area contributed by atoms with Gasteiger partial charge in [0, 0.05) is 48.4 Å². The molecule has 156 valence electrons. The molecule has 1 rings (SSSR count). The van der Waals surface area contributed by atoms with Crippen LogP contribution < -0.4 is 0 Å². The van der Waals surface area contributed by atoms with Crippen LogP contribution in [0.3, 0.4) is 0 Å². The van der Waals surface area contributed by atoms with Crippen LogP contribution in [0.5, 0.6) is 0 Å². The molecule has 0 aromatic heterocycles. The van der Waals surface area contributed by atoms with Gasteiger partial charge in [-0.15, -0.1) is 0 Å². The molecule has 0 aromatic rings. The predicted octanol–water partition coefficient (Wildman–Crippen LogP) is 2.36. The van der Waals surface area contributed by atoms with Crippen molar-refractivity contribution in [3.05, 3.63) is 0 Å². The second kappa shape index (κ2) is 13.1. The Morgan fingerprint density at radius 2 is 1.04 bits per heavy atom. The average molecular weight is 432 g/mol. The molecule has 1 heterocycles. The molecule has 0 aliphatic carbocycles. The Balaban J connectivity index is 2.43. The van der Waals surface area contributed by atoms with Gasteiger partial charge in [-0.2, -0.15) is 0 Å². The predicted molar refractivity (Wildman–Crippen MR) is 133 cm³/mol. The SMILES string of the molecule is C[SiH](C)CN(CC1CCN(CN(C[SiH](C)C)C[SiH](C)C)CC1)C[SiH](C)C. The van der Waals surface area contributed by atoms with Gasteiger partial charge in [0.2, 0.25) is 0 Å². The summed E-state index contributed by atoms with van der Waals surface area (Å²) in [7, 11) is -1.96. The molecule has 7 heteroatoms. The van der Waals surface area contributed by atoms with Crippen LogP contribution in [0.25, 0.3) is 0 Å². The number of likely N-dealkylation sites (tertiary alicyclic amines) is 1. The molecule has 0 saturated carbocycles. The van der Waals surface area contributed by atoms with E-state index in [-0.39, 0.29) is 0 Å². The van der Waals surface area contributed by atoms with Crippen LogP contribution in [0.1, 0.15) is 12.8 Å². The summed E-state index contributed by atoms with van der Waals surface area (Å²) in [5, 5.41) is 0. The molecule has 26 heavy (non-hydrogen) atoms. The van der Waals surface area contributed by atoms with E-state index in [1.165, 1.54) is 63.8 Å². The van der Waals surface area contributed by atoms with Crippen LogP contribution in [0, 0.1) is 5.92 Å². The number of rotatable bonds is 12. The fraction of sp³-hybridized carbons (Fsp3) is 1.00. The van der Waals surface area contributed by atoms with Gasteiger partial charge in [-0.1, -0.05) is 52.4 Å². The van der Waals surface area contributed by atoms with Crippen molar-refractivity contribution in [3.63, 3.8) is 0 Å². The largest absolute Gasteiger partial charge is 0.309 e. The van der Waals surface area contributed by atoms with Crippen molar-refractivity contribution in [3.8, 4) is 0 Å². The van der Waals surface area contributed by atoms with E-state index in [1.807, 2.05) is 0 Å². The first-order valence-electron chi connectivity index (χ1n) is 11.3. The van der Waals surface area contributed by atoms with Gasteiger partial charge in [-0.3, -0.25) is 9.80 Å². The highest BCUT2D eigenvalue weighted by Crippen LogP contribution is 2.19. The molecule has 0 bridgehead atoms. The van der Waals surface area contributed by atoms with E-state index in [0.717, 1.165) is 5.92 Å². The molecule has 1 fully saturated rings. The van der Waals surface area contributed by atoms with E-state index in [9.17, 15) is 0 Å². The minimum atomic E-state index is -0.497. The zero-order valence-corrected chi connectivity index (χ0v) is 23.9. The first kappa shape index (κ1) is 24.8. The maximum atomic E-state index is 2.87. The van der Waals surface area contributed by atoms with Crippen molar-refractivity contribution in [2.75, 3.05) is 51.0 Å². The Kier molecular flexibility index (Phi) is 12.4. The molecule has 0 unspecified atom stereocenters. The molecule has 0 amide bonds. The third-order valence-corrected chi connectivity index (χ3v) is 10.1. The quantitative estimate of drug-likeness (QED) is 0.439. The van der Waals surface area contributed by atoms with Crippen molar-refractivity contribution in [1.82, 2.24) is 14.7 Å². The Bertz CT molecular complexity index is 305. The summed E-state index contributed by atoms with van der Waals surface area (Å²) in [5.41, 5.74) is 0. The third-order valence-electron chi connectivity index (χ3n) is 5.12. The van der Waals surface area contributed by atoms with Gasteiger partial charge in [0.25, 0.3) is 0 Å².